The van der Waals surface area contributed by atoms with Crippen LogP contribution in [0.25, 0.3) is 10.8 Å². The van der Waals surface area contributed by atoms with E-state index in [0.29, 0.717) is 12.0 Å². The number of benzene rings is 3. The van der Waals surface area contributed by atoms with Crippen molar-refractivity contribution in [2.75, 3.05) is 0 Å². The Morgan fingerprint density at radius 1 is 0.935 bits per heavy atom. The van der Waals surface area contributed by atoms with Gasteiger partial charge in [-0.05, 0) is 29.3 Å². The lowest BCUT2D eigenvalue weighted by Crippen LogP contribution is -2.37. The van der Waals surface area contributed by atoms with E-state index in [-0.39, 0.29) is 23.6 Å². The summed E-state index contributed by atoms with van der Waals surface area (Å²) in [6.45, 7) is 1.78. The van der Waals surface area contributed by atoms with Crippen LogP contribution in [0.4, 0.5) is 0 Å². The Bertz CT molecular complexity index is 1450. The monoisotopic (exact) mass is 408 g/mol. The van der Waals surface area contributed by atoms with Crippen molar-refractivity contribution in [3.8, 4) is 11.8 Å². The number of nitrogens with zero attached hydrogens (tertiary/aromatic N) is 1. The van der Waals surface area contributed by atoms with Gasteiger partial charge in [0.25, 0.3) is 5.56 Å². The fourth-order valence-corrected chi connectivity index (χ4v) is 3.64. The molecule has 0 bridgehead atoms. The van der Waals surface area contributed by atoms with E-state index in [1.165, 1.54) is 4.57 Å². The third-order valence-corrected chi connectivity index (χ3v) is 5.14. The molecule has 5 nitrogen and oxygen atoms in total. The van der Waals surface area contributed by atoms with E-state index in [1.54, 1.807) is 19.1 Å². The number of H-pyrrole nitrogens is 1. The lowest BCUT2D eigenvalue weighted by atomic mass is 9.97. The highest BCUT2D eigenvalue weighted by Gasteiger charge is 2.22. The van der Waals surface area contributed by atoms with Crippen molar-refractivity contribution in [2.24, 2.45) is 0 Å². The molecule has 152 valence electrons. The molecule has 0 fully saturated rings. The minimum atomic E-state index is -0.645. The number of aromatic amines is 1. The van der Waals surface area contributed by atoms with Gasteiger partial charge in [-0.3, -0.25) is 19.1 Å². The van der Waals surface area contributed by atoms with E-state index in [4.69, 9.17) is 0 Å². The number of rotatable bonds is 4. The summed E-state index contributed by atoms with van der Waals surface area (Å²) in [4.78, 5) is 41.1. The number of nitrogens with one attached hydrogen (secondary N) is 1. The summed E-state index contributed by atoms with van der Waals surface area (Å²) in [5.74, 6) is 5.58. The highest BCUT2D eigenvalue weighted by Crippen LogP contribution is 2.22. The van der Waals surface area contributed by atoms with Gasteiger partial charge in [-0.2, -0.15) is 0 Å². The molecule has 4 aromatic rings. The first-order valence-electron chi connectivity index (χ1n) is 10.0. The number of ketones is 1. The van der Waals surface area contributed by atoms with Gasteiger partial charge in [0.1, 0.15) is 5.69 Å². The lowest BCUT2D eigenvalue weighted by molar-refractivity contribution is 0.102. The summed E-state index contributed by atoms with van der Waals surface area (Å²) in [6, 6.07) is 22.3. The predicted molar refractivity (Wildman–Crippen MR) is 121 cm³/mol. The topological polar surface area (TPSA) is 71.9 Å². The van der Waals surface area contributed by atoms with E-state index in [0.717, 1.165) is 16.3 Å². The molecule has 1 heterocycles. The van der Waals surface area contributed by atoms with Crippen LogP contribution in [0, 0.1) is 11.8 Å². The molecule has 4 rings (SSSR count). The van der Waals surface area contributed by atoms with Gasteiger partial charge in [-0.1, -0.05) is 79.4 Å². The maximum absolute atomic E-state index is 13.6. The zero-order chi connectivity index (χ0) is 21.8. The quantitative estimate of drug-likeness (QED) is 0.415. The van der Waals surface area contributed by atoms with Crippen molar-refractivity contribution >= 4 is 16.6 Å². The number of carbonyl (C=O) groups is 1. The molecule has 1 aromatic heterocycles. The van der Waals surface area contributed by atoms with Crippen molar-refractivity contribution in [3.63, 3.8) is 0 Å². The molecule has 0 amide bonds. The number of hydrogen-bond donors (Lipinski definition) is 1. The van der Waals surface area contributed by atoms with Gasteiger partial charge >= 0.3 is 5.69 Å². The van der Waals surface area contributed by atoms with Crippen LogP contribution in [0.15, 0.2) is 82.4 Å². The van der Waals surface area contributed by atoms with Gasteiger partial charge in [0.15, 0.2) is 0 Å². The van der Waals surface area contributed by atoms with E-state index in [1.807, 2.05) is 60.7 Å². The maximum Gasteiger partial charge on any atom is 0.329 e. The highest BCUT2D eigenvalue weighted by atomic mass is 16.2. The summed E-state index contributed by atoms with van der Waals surface area (Å²) >= 11 is 0. The molecule has 31 heavy (non-hydrogen) atoms. The Kier molecular flexibility index (Phi) is 5.63. The minimum Gasteiger partial charge on any atom is -0.287 e. The molecule has 1 N–H and O–H groups in total. The molecular formula is C26H20N2O3. The third kappa shape index (κ3) is 3.96. The first-order valence-corrected chi connectivity index (χ1v) is 10.0. The molecule has 0 spiro atoms. The highest BCUT2D eigenvalue weighted by molar-refractivity contribution is 6.16. The zero-order valence-corrected chi connectivity index (χ0v) is 17.0. The molecule has 3 aromatic carbocycles. The summed E-state index contributed by atoms with van der Waals surface area (Å²) in [6.07, 6.45) is 0.313. The molecule has 0 unspecified atom stereocenters. The minimum absolute atomic E-state index is 0.0106. The second kappa shape index (κ2) is 8.68. The molecular weight excluding hydrogens is 388 g/mol. The van der Waals surface area contributed by atoms with E-state index in [9.17, 15) is 14.4 Å². The molecule has 0 aliphatic carbocycles. The second-order valence-corrected chi connectivity index (χ2v) is 7.05. The van der Waals surface area contributed by atoms with Crippen LogP contribution >= 0.6 is 0 Å². The molecule has 0 radical (unpaired) electrons. The number of hydrogen-bond acceptors (Lipinski definition) is 3. The number of fused-ring (bicyclic) bond motifs is 1. The fraction of sp³-hybridized carbons (Fsp3) is 0.115. The summed E-state index contributed by atoms with van der Waals surface area (Å²) in [5, 5.41) is 1.68. The van der Waals surface area contributed by atoms with Crippen LogP contribution in [-0.2, 0) is 13.0 Å². The lowest BCUT2D eigenvalue weighted by Gasteiger charge is -2.14. The van der Waals surface area contributed by atoms with Gasteiger partial charge < -0.3 is 0 Å². The van der Waals surface area contributed by atoms with Crippen molar-refractivity contribution in [3.05, 3.63) is 116 Å². The SMILES string of the molecule is CCc1c(C(=O)c2cccc3ccccc23)n(CC#Cc2ccccc2)c(=O)[nH]c1=O. The number of aromatic nitrogens is 2. The van der Waals surface area contributed by atoms with Crippen LogP contribution in [-0.4, -0.2) is 15.3 Å². The largest absolute Gasteiger partial charge is 0.329 e. The summed E-state index contributed by atoms with van der Waals surface area (Å²) in [5.41, 5.74) is 0.436. The van der Waals surface area contributed by atoms with E-state index in [2.05, 4.69) is 16.8 Å². The number of carbonyl (C=O) groups excluding carboxylic acids is 1. The maximum atomic E-state index is 13.6. The molecule has 0 saturated heterocycles. The van der Waals surface area contributed by atoms with E-state index >= 15 is 0 Å². The van der Waals surface area contributed by atoms with Gasteiger partial charge in [0.2, 0.25) is 5.78 Å². The van der Waals surface area contributed by atoms with Crippen molar-refractivity contribution in [1.29, 1.82) is 0 Å². The molecule has 0 aliphatic heterocycles. The van der Waals surface area contributed by atoms with Gasteiger partial charge in [0, 0.05) is 16.7 Å². The van der Waals surface area contributed by atoms with Crippen LogP contribution in [0.2, 0.25) is 0 Å². The first kappa shape index (κ1) is 20.1. The van der Waals surface area contributed by atoms with Crippen LogP contribution in [0.3, 0.4) is 0 Å². The second-order valence-electron chi connectivity index (χ2n) is 7.05. The Balaban J connectivity index is 1.88. The Morgan fingerprint density at radius 3 is 2.42 bits per heavy atom. The standard InChI is InChI=1S/C26H20N2O3/c1-2-20-23(24(29)22-16-8-14-19-13-6-7-15-21(19)22)28(26(31)27-25(20)30)17-9-12-18-10-4-3-5-11-18/h3-8,10-11,13-16H,2,17H2,1H3,(H,27,30,31). The zero-order valence-electron chi connectivity index (χ0n) is 17.0. The van der Waals surface area contributed by atoms with Gasteiger partial charge in [-0.15, -0.1) is 0 Å². The average Bonchev–Trinajstić information content (AvgIpc) is 2.80. The van der Waals surface area contributed by atoms with Crippen molar-refractivity contribution in [1.82, 2.24) is 9.55 Å². The van der Waals surface area contributed by atoms with Crippen LogP contribution in [0.5, 0.6) is 0 Å². The normalized spacial score (nSPS) is 10.5. The Hall–Kier alpha value is -4.17. The smallest absolute Gasteiger partial charge is 0.287 e. The summed E-state index contributed by atoms with van der Waals surface area (Å²) in [7, 11) is 0. The molecule has 0 aliphatic rings. The Labute approximate surface area is 179 Å². The summed E-state index contributed by atoms with van der Waals surface area (Å²) < 4.78 is 1.26. The molecule has 5 heteroatoms. The molecule has 0 atom stereocenters. The van der Waals surface area contributed by atoms with Crippen LogP contribution in [0.1, 0.15) is 34.1 Å². The van der Waals surface area contributed by atoms with Gasteiger partial charge in [-0.25, -0.2) is 4.79 Å². The third-order valence-electron chi connectivity index (χ3n) is 5.14. The Morgan fingerprint density at radius 2 is 1.65 bits per heavy atom. The van der Waals surface area contributed by atoms with Gasteiger partial charge in [0.05, 0.1) is 6.54 Å². The average molecular weight is 408 g/mol. The van der Waals surface area contributed by atoms with Crippen molar-refractivity contribution < 1.29 is 4.79 Å². The van der Waals surface area contributed by atoms with E-state index < -0.39 is 11.2 Å². The van der Waals surface area contributed by atoms with Crippen molar-refractivity contribution in [2.45, 2.75) is 19.9 Å². The first-order chi connectivity index (χ1) is 15.1. The fourth-order valence-electron chi connectivity index (χ4n) is 3.64. The van der Waals surface area contributed by atoms with Crippen LogP contribution < -0.4 is 11.2 Å². The molecule has 0 saturated carbocycles. The predicted octanol–water partition coefficient (Wildman–Crippen LogP) is 3.53.